The summed E-state index contributed by atoms with van der Waals surface area (Å²) in [4.78, 5) is 26.3. The third-order valence-electron chi connectivity index (χ3n) is 4.26. The average molecular weight is 325 g/mol. The summed E-state index contributed by atoms with van der Waals surface area (Å²) < 4.78 is 0. The molecular formula is C18H23N5O. The summed E-state index contributed by atoms with van der Waals surface area (Å²) in [5.41, 5.74) is 1.12. The Hall–Kier alpha value is -2.63. The molecule has 0 spiro atoms. The van der Waals surface area contributed by atoms with Crippen LogP contribution in [0.1, 0.15) is 12.7 Å². The molecule has 0 radical (unpaired) electrons. The fraction of sp³-hybridized carbons (Fsp3) is 0.389. The second-order valence-corrected chi connectivity index (χ2v) is 5.84. The largest absolute Gasteiger partial charge is 0.353 e. The summed E-state index contributed by atoms with van der Waals surface area (Å²) in [6.45, 7) is 7.94. The van der Waals surface area contributed by atoms with Gasteiger partial charge in [0.25, 0.3) is 0 Å². The summed E-state index contributed by atoms with van der Waals surface area (Å²) in [5.74, 6) is 2.59. The zero-order valence-electron chi connectivity index (χ0n) is 14.2. The first kappa shape index (κ1) is 16.2. The van der Waals surface area contributed by atoms with Crippen LogP contribution in [0.25, 0.3) is 0 Å². The molecule has 1 amide bonds. The van der Waals surface area contributed by atoms with Crippen molar-refractivity contribution in [2.75, 3.05) is 42.5 Å². The highest BCUT2D eigenvalue weighted by atomic mass is 16.1. The SMILES string of the molecule is CCN(c1ccccc1)c1cc(N2CCN(C=O)CC2)nc(C)n1. The fourth-order valence-corrected chi connectivity index (χ4v) is 2.98. The van der Waals surface area contributed by atoms with Crippen molar-refractivity contribution in [1.82, 2.24) is 14.9 Å². The van der Waals surface area contributed by atoms with Crippen molar-refractivity contribution in [3.63, 3.8) is 0 Å². The van der Waals surface area contributed by atoms with Crippen molar-refractivity contribution in [1.29, 1.82) is 0 Å². The Morgan fingerprint density at radius 3 is 2.46 bits per heavy atom. The molecule has 24 heavy (non-hydrogen) atoms. The van der Waals surface area contributed by atoms with Gasteiger partial charge in [0, 0.05) is 44.5 Å². The summed E-state index contributed by atoms with van der Waals surface area (Å²) in [6, 6.07) is 12.3. The van der Waals surface area contributed by atoms with E-state index in [2.05, 4.69) is 38.8 Å². The number of anilines is 3. The lowest BCUT2D eigenvalue weighted by Gasteiger charge is -2.34. The van der Waals surface area contributed by atoms with Crippen LogP contribution in [0.4, 0.5) is 17.3 Å². The van der Waals surface area contributed by atoms with Crippen LogP contribution in [0.5, 0.6) is 0 Å². The molecule has 1 saturated heterocycles. The molecule has 0 aliphatic carbocycles. The molecule has 1 aromatic heterocycles. The maximum Gasteiger partial charge on any atom is 0.209 e. The Morgan fingerprint density at radius 2 is 1.83 bits per heavy atom. The molecule has 0 unspecified atom stereocenters. The number of hydrogen-bond acceptors (Lipinski definition) is 5. The Labute approximate surface area is 142 Å². The van der Waals surface area contributed by atoms with Crippen LogP contribution in [0.2, 0.25) is 0 Å². The van der Waals surface area contributed by atoms with Gasteiger partial charge >= 0.3 is 0 Å². The van der Waals surface area contributed by atoms with Gasteiger partial charge in [-0.3, -0.25) is 4.79 Å². The third kappa shape index (κ3) is 3.48. The standard InChI is InChI=1S/C18H23N5O/c1-3-23(16-7-5-4-6-8-16)18-13-17(19-15(2)20-18)22-11-9-21(14-24)10-12-22/h4-8,13-14H,3,9-12H2,1-2H3. The quantitative estimate of drug-likeness (QED) is 0.789. The average Bonchev–Trinajstić information content (AvgIpc) is 2.63. The molecule has 0 atom stereocenters. The number of rotatable bonds is 5. The Balaban J connectivity index is 1.87. The first-order valence-corrected chi connectivity index (χ1v) is 8.34. The molecule has 2 aromatic rings. The first-order valence-electron chi connectivity index (χ1n) is 8.34. The van der Waals surface area contributed by atoms with Gasteiger partial charge in [-0.25, -0.2) is 9.97 Å². The van der Waals surface area contributed by atoms with Crippen molar-refractivity contribution in [3.8, 4) is 0 Å². The van der Waals surface area contributed by atoms with Crippen LogP contribution >= 0.6 is 0 Å². The van der Waals surface area contributed by atoms with Crippen LogP contribution < -0.4 is 9.80 Å². The van der Waals surface area contributed by atoms with Gasteiger partial charge in [-0.2, -0.15) is 0 Å². The Kier molecular flexibility index (Phi) is 4.93. The van der Waals surface area contributed by atoms with E-state index in [0.29, 0.717) is 0 Å². The van der Waals surface area contributed by atoms with Gasteiger partial charge in [-0.05, 0) is 26.0 Å². The smallest absolute Gasteiger partial charge is 0.209 e. The number of hydrogen-bond donors (Lipinski definition) is 0. The predicted octanol–water partition coefficient (Wildman–Crippen LogP) is 2.22. The lowest BCUT2D eigenvalue weighted by molar-refractivity contribution is -0.118. The van der Waals surface area contributed by atoms with Gasteiger partial charge in [-0.1, -0.05) is 18.2 Å². The molecule has 3 rings (SSSR count). The molecule has 1 aliphatic rings. The molecule has 1 aliphatic heterocycles. The van der Waals surface area contributed by atoms with E-state index < -0.39 is 0 Å². The van der Waals surface area contributed by atoms with Crippen LogP contribution in [-0.2, 0) is 4.79 Å². The minimum absolute atomic E-state index is 0.734. The van der Waals surface area contributed by atoms with Gasteiger partial charge < -0.3 is 14.7 Å². The van der Waals surface area contributed by atoms with Gasteiger partial charge in [0.05, 0.1) is 0 Å². The minimum atomic E-state index is 0.734. The summed E-state index contributed by atoms with van der Waals surface area (Å²) in [7, 11) is 0. The Bertz CT molecular complexity index is 683. The maximum absolute atomic E-state index is 10.9. The number of aromatic nitrogens is 2. The van der Waals surface area contributed by atoms with E-state index in [1.54, 1.807) is 4.90 Å². The highest BCUT2D eigenvalue weighted by molar-refractivity contribution is 5.63. The molecular weight excluding hydrogens is 302 g/mol. The number of benzene rings is 1. The highest BCUT2D eigenvalue weighted by Gasteiger charge is 2.19. The molecule has 6 nitrogen and oxygen atoms in total. The van der Waals surface area contributed by atoms with Crippen molar-refractivity contribution < 1.29 is 4.79 Å². The second kappa shape index (κ2) is 7.29. The van der Waals surface area contributed by atoms with Crippen LogP contribution in [0.3, 0.4) is 0 Å². The minimum Gasteiger partial charge on any atom is -0.353 e. The molecule has 126 valence electrons. The van der Waals surface area contributed by atoms with E-state index in [1.807, 2.05) is 31.2 Å². The zero-order valence-corrected chi connectivity index (χ0v) is 14.2. The van der Waals surface area contributed by atoms with Crippen molar-refractivity contribution in [3.05, 3.63) is 42.2 Å². The summed E-state index contributed by atoms with van der Waals surface area (Å²) in [5, 5.41) is 0. The van der Waals surface area contributed by atoms with Crippen molar-refractivity contribution >= 4 is 23.7 Å². The number of carbonyl (C=O) groups is 1. The number of piperazine rings is 1. The van der Waals surface area contributed by atoms with Gasteiger partial charge in [0.15, 0.2) is 0 Å². The number of amides is 1. The number of aryl methyl sites for hydroxylation is 1. The van der Waals surface area contributed by atoms with E-state index >= 15 is 0 Å². The molecule has 0 saturated carbocycles. The fourth-order valence-electron chi connectivity index (χ4n) is 2.98. The molecule has 6 heteroatoms. The van der Waals surface area contributed by atoms with Gasteiger partial charge in [0.1, 0.15) is 17.5 Å². The van der Waals surface area contributed by atoms with E-state index in [0.717, 1.165) is 62.3 Å². The first-order chi connectivity index (χ1) is 11.7. The summed E-state index contributed by atoms with van der Waals surface area (Å²) in [6.07, 6.45) is 0.919. The summed E-state index contributed by atoms with van der Waals surface area (Å²) >= 11 is 0. The molecule has 0 bridgehead atoms. The third-order valence-corrected chi connectivity index (χ3v) is 4.26. The van der Waals surface area contributed by atoms with Crippen LogP contribution in [0, 0.1) is 6.92 Å². The number of carbonyl (C=O) groups excluding carboxylic acids is 1. The highest BCUT2D eigenvalue weighted by Crippen LogP contribution is 2.26. The van der Waals surface area contributed by atoms with Gasteiger partial charge in [-0.15, -0.1) is 0 Å². The lowest BCUT2D eigenvalue weighted by atomic mass is 10.2. The second-order valence-electron chi connectivity index (χ2n) is 5.84. The predicted molar refractivity (Wildman–Crippen MR) is 95.7 cm³/mol. The maximum atomic E-state index is 10.9. The van der Waals surface area contributed by atoms with Crippen molar-refractivity contribution in [2.45, 2.75) is 13.8 Å². The lowest BCUT2D eigenvalue weighted by Crippen LogP contribution is -2.46. The van der Waals surface area contributed by atoms with Crippen LogP contribution in [-0.4, -0.2) is 54.0 Å². The molecule has 2 heterocycles. The molecule has 1 fully saturated rings. The van der Waals surface area contributed by atoms with E-state index in [4.69, 9.17) is 0 Å². The zero-order chi connectivity index (χ0) is 16.9. The molecule has 0 N–H and O–H groups in total. The number of nitrogens with zero attached hydrogens (tertiary/aromatic N) is 5. The van der Waals surface area contributed by atoms with E-state index in [9.17, 15) is 4.79 Å². The van der Waals surface area contributed by atoms with E-state index in [-0.39, 0.29) is 0 Å². The monoisotopic (exact) mass is 325 g/mol. The van der Waals surface area contributed by atoms with E-state index in [1.165, 1.54) is 0 Å². The normalized spacial score (nSPS) is 14.6. The topological polar surface area (TPSA) is 52.6 Å². The van der Waals surface area contributed by atoms with Crippen molar-refractivity contribution in [2.24, 2.45) is 0 Å². The number of para-hydroxylation sites is 1. The molecule has 1 aromatic carbocycles. The van der Waals surface area contributed by atoms with Crippen LogP contribution in [0.15, 0.2) is 36.4 Å². The van der Waals surface area contributed by atoms with Gasteiger partial charge in [0.2, 0.25) is 6.41 Å². The Morgan fingerprint density at radius 1 is 1.12 bits per heavy atom.